The number of anilines is 1. The van der Waals surface area contributed by atoms with E-state index in [2.05, 4.69) is 10.3 Å². The van der Waals surface area contributed by atoms with E-state index in [1.165, 1.54) is 11.3 Å². The maximum atomic E-state index is 11.8. The molecule has 92 valence electrons. The van der Waals surface area contributed by atoms with Gasteiger partial charge in [0.2, 0.25) is 0 Å². The largest absolute Gasteiger partial charge is 0.384 e. The number of nitrogens with two attached hydrogens (primary N) is 1. The first-order valence-corrected chi connectivity index (χ1v) is 6.31. The molecular weight excluding hydrogens is 246 g/mol. The molecule has 0 aliphatic carbocycles. The Kier molecular flexibility index (Phi) is 3.74. The predicted molar refractivity (Wildman–Crippen MR) is 75.4 cm³/mol. The molecular formula is C13H13N3OS. The molecule has 1 amide bonds. The summed E-state index contributed by atoms with van der Waals surface area (Å²) in [5.74, 6) is 0.367. The quantitative estimate of drug-likeness (QED) is 0.656. The van der Waals surface area contributed by atoms with Crippen molar-refractivity contribution in [3.63, 3.8) is 0 Å². The number of aliphatic imine (C=N–C) groups is 1. The predicted octanol–water partition coefficient (Wildman–Crippen LogP) is 2.34. The van der Waals surface area contributed by atoms with Gasteiger partial charge in [-0.3, -0.25) is 9.79 Å². The number of nitrogens with one attached hydrogen (secondary N) is 1. The van der Waals surface area contributed by atoms with E-state index in [1.807, 2.05) is 22.9 Å². The average Bonchev–Trinajstić information content (AvgIpc) is 2.92. The van der Waals surface area contributed by atoms with Crippen molar-refractivity contribution in [3.05, 3.63) is 52.2 Å². The van der Waals surface area contributed by atoms with Gasteiger partial charge in [-0.05, 0) is 35.7 Å². The van der Waals surface area contributed by atoms with Crippen molar-refractivity contribution in [1.82, 2.24) is 0 Å². The van der Waals surface area contributed by atoms with E-state index < -0.39 is 0 Å². The summed E-state index contributed by atoms with van der Waals surface area (Å²) in [4.78, 5) is 15.7. The highest BCUT2D eigenvalue weighted by molar-refractivity contribution is 7.08. The molecule has 0 aliphatic heterocycles. The summed E-state index contributed by atoms with van der Waals surface area (Å²) < 4.78 is 0. The summed E-state index contributed by atoms with van der Waals surface area (Å²) in [6, 6.07) is 9.04. The van der Waals surface area contributed by atoms with Crippen molar-refractivity contribution in [2.45, 2.75) is 0 Å². The van der Waals surface area contributed by atoms with Crippen molar-refractivity contribution in [3.8, 4) is 0 Å². The number of thiophene rings is 1. The molecule has 2 rings (SSSR count). The van der Waals surface area contributed by atoms with E-state index in [-0.39, 0.29) is 5.91 Å². The second kappa shape index (κ2) is 5.46. The second-order valence-electron chi connectivity index (χ2n) is 3.65. The lowest BCUT2D eigenvalue weighted by Crippen LogP contribution is -2.14. The van der Waals surface area contributed by atoms with Crippen LogP contribution in [0.2, 0.25) is 0 Å². The smallest absolute Gasteiger partial charge is 0.256 e. The van der Waals surface area contributed by atoms with Crippen molar-refractivity contribution >= 4 is 28.8 Å². The van der Waals surface area contributed by atoms with Crippen LogP contribution in [0.25, 0.3) is 0 Å². The van der Waals surface area contributed by atoms with Gasteiger partial charge in [0, 0.05) is 23.7 Å². The highest BCUT2D eigenvalue weighted by Crippen LogP contribution is 2.12. The summed E-state index contributed by atoms with van der Waals surface area (Å²) in [5, 5.41) is 6.50. The minimum absolute atomic E-state index is 0.110. The zero-order chi connectivity index (χ0) is 13.0. The zero-order valence-corrected chi connectivity index (χ0v) is 10.7. The number of hydrogen-bond acceptors (Lipinski definition) is 3. The second-order valence-corrected chi connectivity index (χ2v) is 4.43. The maximum Gasteiger partial charge on any atom is 0.256 e. The van der Waals surface area contributed by atoms with Crippen LogP contribution in [0.15, 0.2) is 46.1 Å². The van der Waals surface area contributed by atoms with E-state index in [9.17, 15) is 4.79 Å². The van der Waals surface area contributed by atoms with Crippen molar-refractivity contribution in [1.29, 1.82) is 0 Å². The summed E-state index contributed by atoms with van der Waals surface area (Å²) in [6.45, 7) is 0. The van der Waals surface area contributed by atoms with Gasteiger partial charge in [0.25, 0.3) is 5.91 Å². The zero-order valence-electron chi connectivity index (χ0n) is 9.88. The Balaban J connectivity index is 2.09. The normalized spacial score (nSPS) is 11.3. The van der Waals surface area contributed by atoms with Gasteiger partial charge in [-0.2, -0.15) is 11.3 Å². The van der Waals surface area contributed by atoms with E-state index in [1.54, 1.807) is 25.2 Å². The van der Waals surface area contributed by atoms with Crippen LogP contribution < -0.4 is 11.1 Å². The van der Waals surface area contributed by atoms with E-state index in [4.69, 9.17) is 5.73 Å². The van der Waals surface area contributed by atoms with Gasteiger partial charge in [-0.25, -0.2) is 0 Å². The number of amides is 1. The Morgan fingerprint density at radius 2 is 1.94 bits per heavy atom. The number of rotatable bonds is 3. The number of hydrogen-bond donors (Lipinski definition) is 2. The van der Waals surface area contributed by atoms with Crippen LogP contribution in [0.3, 0.4) is 0 Å². The first-order valence-electron chi connectivity index (χ1n) is 5.37. The maximum absolute atomic E-state index is 11.8. The van der Waals surface area contributed by atoms with Gasteiger partial charge >= 0.3 is 0 Å². The molecule has 3 N–H and O–H groups in total. The first kappa shape index (κ1) is 12.3. The molecule has 0 aliphatic rings. The molecule has 0 fully saturated rings. The molecule has 0 saturated heterocycles. The monoisotopic (exact) mass is 259 g/mol. The van der Waals surface area contributed by atoms with E-state index in [0.29, 0.717) is 11.4 Å². The number of benzene rings is 1. The number of carbonyl (C=O) groups excluding carboxylic acids is 1. The van der Waals surface area contributed by atoms with E-state index in [0.717, 1.165) is 11.3 Å². The molecule has 0 atom stereocenters. The summed E-state index contributed by atoms with van der Waals surface area (Å²) in [5.41, 5.74) is 7.93. The fourth-order valence-corrected chi connectivity index (χ4v) is 2.09. The number of amidine groups is 1. The lowest BCUT2D eigenvalue weighted by molar-refractivity contribution is 0.102. The fourth-order valence-electron chi connectivity index (χ4n) is 1.45. The van der Waals surface area contributed by atoms with Crippen molar-refractivity contribution in [2.75, 3.05) is 12.4 Å². The Labute approximate surface area is 109 Å². The van der Waals surface area contributed by atoms with Gasteiger partial charge in [0.1, 0.15) is 5.84 Å². The lowest BCUT2D eigenvalue weighted by Gasteiger charge is -2.05. The molecule has 2 aromatic rings. The van der Waals surface area contributed by atoms with Crippen molar-refractivity contribution < 1.29 is 4.79 Å². The Morgan fingerprint density at radius 1 is 1.22 bits per heavy atom. The van der Waals surface area contributed by atoms with Crippen LogP contribution in [0.5, 0.6) is 0 Å². The number of carbonyl (C=O) groups is 1. The molecule has 0 saturated carbocycles. The highest BCUT2D eigenvalue weighted by atomic mass is 32.1. The van der Waals surface area contributed by atoms with Gasteiger partial charge in [0.15, 0.2) is 0 Å². The van der Waals surface area contributed by atoms with Crippen molar-refractivity contribution in [2.24, 2.45) is 10.7 Å². The van der Waals surface area contributed by atoms with Crippen LogP contribution in [0.4, 0.5) is 5.69 Å². The molecule has 5 heteroatoms. The van der Waals surface area contributed by atoms with Crippen LogP contribution in [-0.2, 0) is 0 Å². The van der Waals surface area contributed by atoms with Gasteiger partial charge in [-0.15, -0.1) is 0 Å². The molecule has 0 spiro atoms. The summed E-state index contributed by atoms with van der Waals surface area (Å²) in [6.07, 6.45) is 0. The van der Waals surface area contributed by atoms with Gasteiger partial charge in [0.05, 0.1) is 5.56 Å². The van der Waals surface area contributed by atoms with E-state index >= 15 is 0 Å². The third-order valence-electron chi connectivity index (χ3n) is 2.46. The minimum atomic E-state index is -0.110. The highest BCUT2D eigenvalue weighted by Gasteiger charge is 2.06. The number of nitrogens with zero attached hydrogens (tertiary/aromatic N) is 1. The SMILES string of the molecule is CN=C(N)c1ccc(NC(=O)c2ccsc2)cc1. The first-order chi connectivity index (χ1) is 8.70. The van der Waals surface area contributed by atoms with Gasteiger partial charge < -0.3 is 11.1 Å². The minimum Gasteiger partial charge on any atom is -0.384 e. The molecule has 0 radical (unpaired) electrons. The molecule has 0 bridgehead atoms. The lowest BCUT2D eigenvalue weighted by atomic mass is 10.2. The average molecular weight is 259 g/mol. The standard InChI is InChI=1S/C13H13N3OS/c1-15-12(14)9-2-4-11(5-3-9)16-13(17)10-6-7-18-8-10/h2-8H,1H3,(H2,14,15)(H,16,17). The molecule has 1 aromatic heterocycles. The topological polar surface area (TPSA) is 67.5 Å². The molecule has 4 nitrogen and oxygen atoms in total. The fraction of sp³-hybridized carbons (Fsp3) is 0.0769. The van der Waals surface area contributed by atoms with Crippen LogP contribution in [-0.4, -0.2) is 18.8 Å². The molecule has 0 unspecified atom stereocenters. The Hall–Kier alpha value is -2.14. The Morgan fingerprint density at radius 3 is 2.50 bits per heavy atom. The third kappa shape index (κ3) is 2.75. The molecule has 1 heterocycles. The van der Waals surface area contributed by atoms with Gasteiger partial charge in [-0.1, -0.05) is 0 Å². The summed E-state index contributed by atoms with van der Waals surface area (Å²) in [7, 11) is 1.64. The molecule has 1 aromatic carbocycles. The molecule has 18 heavy (non-hydrogen) atoms. The Bertz CT molecular complexity index is 558. The van der Waals surface area contributed by atoms with Crippen LogP contribution in [0, 0.1) is 0 Å². The summed E-state index contributed by atoms with van der Waals surface area (Å²) >= 11 is 1.49. The van der Waals surface area contributed by atoms with Crippen LogP contribution >= 0.6 is 11.3 Å². The van der Waals surface area contributed by atoms with Crippen LogP contribution in [0.1, 0.15) is 15.9 Å². The third-order valence-corrected chi connectivity index (χ3v) is 3.15.